The molecule has 62 valence electrons. The molecule has 3 aliphatic rings. The van der Waals surface area contributed by atoms with Gasteiger partial charge in [-0.25, -0.2) is 0 Å². The van der Waals surface area contributed by atoms with Crippen LogP contribution in [0.3, 0.4) is 0 Å². The van der Waals surface area contributed by atoms with Gasteiger partial charge in [-0.2, -0.15) is 0 Å². The Morgan fingerprint density at radius 2 is 2.27 bits per heavy atom. The van der Waals surface area contributed by atoms with E-state index in [-0.39, 0.29) is 0 Å². The summed E-state index contributed by atoms with van der Waals surface area (Å²) >= 11 is 0. The quantitative estimate of drug-likeness (QED) is 0.503. The van der Waals surface area contributed by atoms with Crippen molar-refractivity contribution in [3.05, 3.63) is 11.6 Å². The highest BCUT2D eigenvalue weighted by molar-refractivity contribution is 5.22. The predicted molar refractivity (Wildman–Crippen MR) is 48.4 cm³/mol. The van der Waals surface area contributed by atoms with Crippen molar-refractivity contribution in [3.8, 4) is 0 Å². The van der Waals surface area contributed by atoms with E-state index >= 15 is 0 Å². The zero-order valence-electron chi connectivity index (χ0n) is 7.85. The van der Waals surface area contributed by atoms with Crippen LogP contribution in [-0.2, 0) is 0 Å². The monoisotopic (exact) mass is 150 g/mol. The summed E-state index contributed by atoms with van der Waals surface area (Å²) in [6, 6.07) is 0. The Balaban J connectivity index is 2.23. The van der Waals surface area contributed by atoms with Crippen LogP contribution in [-0.4, -0.2) is 0 Å². The predicted octanol–water partition coefficient (Wildman–Crippen LogP) is 3.39. The van der Waals surface area contributed by atoms with Crippen molar-refractivity contribution < 1.29 is 0 Å². The van der Waals surface area contributed by atoms with Crippen molar-refractivity contribution in [2.45, 2.75) is 40.0 Å². The molecule has 0 aromatic heterocycles. The summed E-state index contributed by atoms with van der Waals surface area (Å²) in [5, 5.41) is 0. The number of hydrogen-bond donors (Lipinski definition) is 0. The second kappa shape index (κ2) is 2.12. The average Bonchev–Trinajstić information content (AvgIpc) is 2.04. The van der Waals surface area contributed by atoms with Crippen molar-refractivity contribution in [2.24, 2.45) is 17.3 Å². The third-order valence-corrected chi connectivity index (χ3v) is 3.99. The molecule has 0 amide bonds. The van der Waals surface area contributed by atoms with Crippen LogP contribution < -0.4 is 0 Å². The number of fused-ring (bicyclic) bond motifs is 1. The van der Waals surface area contributed by atoms with Crippen LogP contribution in [0.4, 0.5) is 0 Å². The van der Waals surface area contributed by atoms with Gasteiger partial charge in [-0.3, -0.25) is 0 Å². The van der Waals surface area contributed by atoms with E-state index in [0.717, 1.165) is 11.8 Å². The molecule has 0 heterocycles. The van der Waals surface area contributed by atoms with E-state index in [1.807, 2.05) is 0 Å². The normalized spacial score (nSPS) is 39.4. The number of rotatable bonds is 1. The minimum Gasteiger partial charge on any atom is -0.0847 e. The standard InChI is InChI=1S/C11H18/c1-4-8-5-6-9-7-10(8)11(9,2)3/h5,9-10H,4,6-7H2,1-3H3/t9-,10+/m0/s1. The summed E-state index contributed by atoms with van der Waals surface area (Å²) in [5.74, 6) is 1.94. The fourth-order valence-electron chi connectivity index (χ4n) is 2.87. The van der Waals surface area contributed by atoms with Crippen LogP contribution in [0, 0.1) is 17.3 Å². The lowest BCUT2D eigenvalue weighted by Gasteiger charge is -2.56. The molecular weight excluding hydrogens is 132 g/mol. The summed E-state index contributed by atoms with van der Waals surface area (Å²) in [4.78, 5) is 0. The summed E-state index contributed by atoms with van der Waals surface area (Å²) in [6.07, 6.45) is 6.60. The lowest BCUT2D eigenvalue weighted by molar-refractivity contribution is -0.00777. The van der Waals surface area contributed by atoms with Crippen LogP contribution in [0.15, 0.2) is 11.6 Å². The zero-order valence-corrected chi connectivity index (χ0v) is 7.85. The molecule has 0 aromatic rings. The van der Waals surface area contributed by atoms with E-state index in [1.165, 1.54) is 19.3 Å². The van der Waals surface area contributed by atoms with Crippen molar-refractivity contribution in [2.75, 3.05) is 0 Å². The molecule has 0 aromatic carbocycles. The SMILES string of the molecule is CCC1=CC[C@H]2C[C@H]1C2(C)C. The van der Waals surface area contributed by atoms with Gasteiger partial charge in [-0.05, 0) is 36.5 Å². The first kappa shape index (κ1) is 7.39. The first-order valence-corrected chi connectivity index (χ1v) is 4.85. The molecule has 0 aliphatic heterocycles. The fourth-order valence-corrected chi connectivity index (χ4v) is 2.87. The summed E-state index contributed by atoms with van der Waals surface area (Å²) in [7, 11) is 0. The van der Waals surface area contributed by atoms with Crippen LogP contribution in [0.5, 0.6) is 0 Å². The van der Waals surface area contributed by atoms with Gasteiger partial charge in [0.15, 0.2) is 0 Å². The topological polar surface area (TPSA) is 0 Å². The van der Waals surface area contributed by atoms with Crippen molar-refractivity contribution in [1.82, 2.24) is 0 Å². The Kier molecular flexibility index (Phi) is 1.42. The highest BCUT2D eigenvalue weighted by Crippen LogP contribution is 2.59. The molecule has 0 radical (unpaired) electrons. The summed E-state index contributed by atoms with van der Waals surface area (Å²) < 4.78 is 0. The molecule has 1 fully saturated rings. The molecule has 0 unspecified atom stereocenters. The first-order chi connectivity index (χ1) is 5.16. The summed E-state index contributed by atoms with van der Waals surface area (Å²) in [6.45, 7) is 7.17. The van der Waals surface area contributed by atoms with Crippen molar-refractivity contribution >= 4 is 0 Å². The molecule has 2 bridgehead atoms. The van der Waals surface area contributed by atoms with Crippen LogP contribution in [0.1, 0.15) is 40.0 Å². The van der Waals surface area contributed by atoms with Gasteiger partial charge in [0.05, 0.1) is 0 Å². The maximum Gasteiger partial charge on any atom is -0.0146 e. The van der Waals surface area contributed by atoms with Gasteiger partial charge in [0.25, 0.3) is 0 Å². The fraction of sp³-hybridized carbons (Fsp3) is 0.818. The van der Waals surface area contributed by atoms with E-state index in [1.54, 1.807) is 5.57 Å². The van der Waals surface area contributed by atoms with Crippen LogP contribution in [0.2, 0.25) is 0 Å². The Morgan fingerprint density at radius 3 is 2.64 bits per heavy atom. The van der Waals surface area contributed by atoms with Crippen molar-refractivity contribution in [1.29, 1.82) is 0 Å². The largest absolute Gasteiger partial charge is 0.0847 e. The Morgan fingerprint density at radius 1 is 1.55 bits per heavy atom. The van der Waals surface area contributed by atoms with Crippen LogP contribution in [0.25, 0.3) is 0 Å². The van der Waals surface area contributed by atoms with Gasteiger partial charge in [0.2, 0.25) is 0 Å². The lowest BCUT2D eigenvalue weighted by atomic mass is 9.48. The van der Waals surface area contributed by atoms with Gasteiger partial charge in [0, 0.05) is 0 Å². The Hall–Kier alpha value is -0.260. The van der Waals surface area contributed by atoms with Gasteiger partial charge < -0.3 is 0 Å². The van der Waals surface area contributed by atoms with E-state index in [0.29, 0.717) is 5.41 Å². The van der Waals surface area contributed by atoms with E-state index in [9.17, 15) is 0 Å². The van der Waals surface area contributed by atoms with Gasteiger partial charge in [-0.1, -0.05) is 32.4 Å². The molecule has 3 rings (SSSR count). The van der Waals surface area contributed by atoms with Crippen LogP contribution >= 0.6 is 0 Å². The molecule has 0 N–H and O–H groups in total. The molecule has 2 atom stereocenters. The second-order valence-corrected chi connectivity index (χ2v) is 4.67. The highest BCUT2D eigenvalue weighted by Gasteiger charge is 2.50. The number of hydrogen-bond acceptors (Lipinski definition) is 0. The number of allylic oxidation sites excluding steroid dienone is 2. The molecule has 0 saturated heterocycles. The molecular formula is C11H18. The third-order valence-electron chi connectivity index (χ3n) is 3.99. The smallest absolute Gasteiger partial charge is 0.0146 e. The van der Waals surface area contributed by atoms with Crippen molar-refractivity contribution in [3.63, 3.8) is 0 Å². The van der Waals surface area contributed by atoms with E-state index < -0.39 is 0 Å². The highest BCUT2D eigenvalue weighted by atomic mass is 14.5. The van der Waals surface area contributed by atoms with E-state index in [2.05, 4.69) is 26.8 Å². The molecule has 11 heavy (non-hydrogen) atoms. The Labute approximate surface area is 69.7 Å². The Bertz CT molecular complexity index is 198. The molecule has 0 nitrogen and oxygen atoms in total. The maximum atomic E-state index is 2.49. The average molecular weight is 150 g/mol. The molecule has 1 saturated carbocycles. The summed E-state index contributed by atoms with van der Waals surface area (Å²) in [5.41, 5.74) is 2.37. The second-order valence-electron chi connectivity index (χ2n) is 4.67. The molecule has 3 aliphatic carbocycles. The molecule has 0 spiro atoms. The van der Waals surface area contributed by atoms with Gasteiger partial charge in [0.1, 0.15) is 0 Å². The minimum absolute atomic E-state index is 0.639. The zero-order chi connectivity index (χ0) is 8.06. The minimum atomic E-state index is 0.639. The maximum absolute atomic E-state index is 2.49. The lowest BCUT2D eigenvalue weighted by Crippen LogP contribution is -2.47. The van der Waals surface area contributed by atoms with Gasteiger partial charge >= 0.3 is 0 Å². The first-order valence-electron chi connectivity index (χ1n) is 4.85. The third kappa shape index (κ3) is 0.816. The molecule has 0 heteroatoms. The van der Waals surface area contributed by atoms with Gasteiger partial charge in [-0.15, -0.1) is 0 Å². The van der Waals surface area contributed by atoms with E-state index in [4.69, 9.17) is 0 Å².